The highest BCUT2D eigenvalue weighted by Gasteiger charge is 2.56. The predicted octanol–water partition coefficient (Wildman–Crippen LogP) is 5.90. The number of aromatic nitrogens is 1. The highest BCUT2D eigenvalue weighted by Crippen LogP contribution is 2.49. The fraction of sp³-hybridized carbons (Fsp3) is 0.500. The second-order valence-corrected chi connectivity index (χ2v) is 14.2. The first-order valence-corrected chi connectivity index (χ1v) is 14.9. The molecular weight excluding hydrogens is 538 g/mol. The third-order valence-electron chi connectivity index (χ3n) is 7.45. The predicted molar refractivity (Wildman–Crippen MR) is 161 cm³/mol. The van der Waals surface area contributed by atoms with Crippen LogP contribution in [0.1, 0.15) is 69.7 Å². The lowest BCUT2D eigenvalue weighted by atomic mass is 9.61. The van der Waals surface area contributed by atoms with Gasteiger partial charge in [-0.3, -0.25) is 9.59 Å². The van der Waals surface area contributed by atoms with Crippen molar-refractivity contribution in [1.29, 1.82) is 0 Å². The van der Waals surface area contributed by atoms with Gasteiger partial charge in [-0.05, 0) is 80.7 Å². The molecule has 1 aliphatic rings. The van der Waals surface area contributed by atoms with E-state index in [2.05, 4.69) is 16.7 Å². The Labute approximate surface area is 245 Å². The average molecular weight is 580 g/mol. The summed E-state index contributed by atoms with van der Waals surface area (Å²) in [5.74, 6) is -2.05. The Kier molecular flexibility index (Phi) is 8.78. The molecule has 2 amide bonds. The van der Waals surface area contributed by atoms with Crippen molar-refractivity contribution in [2.24, 2.45) is 16.7 Å². The molecule has 0 fully saturated rings. The molecule has 0 saturated carbocycles. The second kappa shape index (κ2) is 11.8. The van der Waals surface area contributed by atoms with E-state index in [4.69, 9.17) is 9.72 Å². The third kappa shape index (κ3) is 7.25. The lowest BCUT2D eigenvalue weighted by Crippen LogP contribution is -2.53. The standard InChI is InChI=1S/C32H41N3O5S/c1-30(2,3)26(27(36)37)32(17-21-11-7-8-12-22(21)18-32)28(38)34-19-25-35-23-16-20(13-14-24(23)41-25)10-9-15-33-29(39)40-31(4,5)6/h7-8,11-14,16,26H,9-10,15,17-19H2,1-6H3,(H,33,39)(H,34,38)(H,36,37). The summed E-state index contributed by atoms with van der Waals surface area (Å²) in [7, 11) is 0. The largest absolute Gasteiger partial charge is 0.481 e. The van der Waals surface area contributed by atoms with Gasteiger partial charge >= 0.3 is 12.1 Å². The number of hydrogen-bond acceptors (Lipinski definition) is 6. The fourth-order valence-corrected chi connectivity index (χ4v) is 6.84. The molecule has 220 valence electrons. The molecule has 1 unspecified atom stereocenters. The number of carbonyl (C=O) groups is 3. The minimum Gasteiger partial charge on any atom is -0.481 e. The zero-order chi connectivity index (χ0) is 30.0. The Morgan fingerprint density at radius 1 is 1.02 bits per heavy atom. The van der Waals surface area contributed by atoms with Gasteiger partial charge in [0.15, 0.2) is 0 Å². The molecule has 0 spiro atoms. The maximum atomic E-state index is 13.9. The molecule has 0 bridgehead atoms. The molecule has 0 aliphatic heterocycles. The molecule has 4 rings (SSSR count). The van der Waals surface area contributed by atoms with Crippen LogP contribution in [0.4, 0.5) is 4.79 Å². The molecule has 1 atom stereocenters. The quantitative estimate of drug-likeness (QED) is 0.272. The van der Waals surface area contributed by atoms with Crippen LogP contribution in [0.25, 0.3) is 10.2 Å². The van der Waals surface area contributed by atoms with Crippen molar-refractivity contribution in [2.75, 3.05) is 6.54 Å². The number of carbonyl (C=O) groups excluding carboxylic acids is 2. The number of amides is 2. The van der Waals surface area contributed by atoms with E-state index in [0.29, 0.717) is 19.4 Å². The summed E-state index contributed by atoms with van der Waals surface area (Å²) in [4.78, 5) is 43.1. The number of benzene rings is 2. The monoisotopic (exact) mass is 579 g/mol. The number of ether oxygens (including phenoxy) is 1. The van der Waals surface area contributed by atoms with Gasteiger partial charge in [0.05, 0.1) is 28.1 Å². The molecule has 41 heavy (non-hydrogen) atoms. The van der Waals surface area contributed by atoms with Crippen molar-refractivity contribution in [3.8, 4) is 0 Å². The van der Waals surface area contributed by atoms with Gasteiger partial charge in [-0.2, -0.15) is 0 Å². The molecule has 9 heteroatoms. The number of hydrogen-bond donors (Lipinski definition) is 3. The number of carboxylic acids is 1. The lowest BCUT2D eigenvalue weighted by Gasteiger charge is -2.41. The first-order valence-electron chi connectivity index (χ1n) is 14.1. The van der Waals surface area contributed by atoms with Crippen LogP contribution in [-0.4, -0.2) is 40.2 Å². The van der Waals surface area contributed by atoms with Crippen LogP contribution in [0.5, 0.6) is 0 Å². The first kappa shape index (κ1) is 30.5. The smallest absolute Gasteiger partial charge is 0.407 e. The normalized spacial score (nSPS) is 15.3. The number of aliphatic carboxylic acids is 1. The maximum Gasteiger partial charge on any atom is 0.407 e. The second-order valence-electron chi connectivity index (χ2n) is 13.0. The number of carboxylic acid groups (broad SMARTS) is 1. The zero-order valence-corrected chi connectivity index (χ0v) is 25.6. The van der Waals surface area contributed by atoms with E-state index in [1.165, 1.54) is 11.3 Å². The van der Waals surface area contributed by atoms with E-state index in [1.807, 2.05) is 77.9 Å². The average Bonchev–Trinajstić information content (AvgIpc) is 3.44. The summed E-state index contributed by atoms with van der Waals surface area (Å²) >= 11 is 1.52. The van der Waals surface area contributed by atoms with Crippen LogP contribution in [-0.2, 0) is 40.1 Å². The van der Waals surface area contributed by atoms with Crippen LogP contribution in [0, 0.1) is 16.7 Å². The molecule has 3 aromatic rings. The van der Waals surface area contributed by atoms with Crippen molar-refractivity contribution in [3.05, 3.63) is 64.2 Å². The van der Waals surface area contributed by atoms with Crippen LogP contribution < -0.4 is 10.6 Å². The van der Waals surface area contributed by atoms with Crippen molar-refractivity contribution in [1.82, 2.24) is 15.6 Å². The Morgan fingerprint density at radius 2 is 1.68 bits per heavy atom. The van der Waals surface area contributed by atoms with E-state index in [9.17, 15) is 19.5 Å². The number of thiazole rings is 1. The number of nitrogens with zero attached hydrogens (tertiary/aromatic N) is 1. The van der Waals surface area contributed by atoms with E-state index in [0.717, 1.165) is 44.8 Å². The summed E-state index contributed by atoms with van der Waals surface area (Å²) in [6.07, 6.45) is 1.92. The van der Waals surface area contributed by atoms with Gasteiger partial charge < -0.3 is 20.5 Å². The lowest BCUT2D eigenvalue weighted by molar-refractivity contribution is -0.159. The van der Waals surface area contributed by atoms with Gasteiger partial charge in [0.1, 0.15) is 10.6 Å². The van der Waals surface area contributed by atoms with Crippen LogP contribution in [0.3, 0.4) is 0 Å². The molecule has 2 aromatic carbocycles. The maximum absolute atomic E-state index is 13.9. The SMILES string of the molecule is CC(C)(C)OC(=O)NCCCc1ccc2sc(CNC(=O)C3(C(C(=O)O)C(C)(C)C)Cc4ccccc4C3)nc2c1. The molecule has 8 nitrogen and oxygen atoms in total. The van der Waals surface area contributed by atoms with Crippen molar-refractivity contribution in [3.63, 3.8) is 0 Å². The molecular formula is C32H41N3O5S. The summed E-state index contributed by atoms with van der Waals surface area (Å²) in [5.41, 5.74) is 1.83. The van der Waals surface area contributed by atoms with Gasteiger partial charge in [0, 0.05) is 6.54 Å². The van der Waals surface area contributed by atoms with Gasteiger partial charge in [-0.1, -0.05) is 51.1 Å². The minimum absolute atomic E-state index is 0.238. The Balaban J connectivity index is 1.42. The summed E-state index contributed by atoms with van der Waals surface area (Å²) in [5, 5.41) is 16.9. The third-order valence-corrected chi connectivity index (χ3v) is 8.49. The van der Waals surface area contributed by atoms with Crippen molar-refractivity contribution in [2.45, 2.75) is 79.4 Å². The highest BCUT2D eigenvalue weighted by atomic mass is 32.1. The van der Waals surface area contributed by atoms with Crippen LogP contribution in [0.15, 0.2) is 42.5 Å². The molecule has 3 N–H and O–H groups in total. The molecule has 0 radical (unpaired) electrons. The van der Waals surface area contributed by atoms with E-state index in [-0.39, 0.29) is 12.5 Å². The van der Waals surface area contributed by atoms with E-state index >= 15 is 0 Å². The number of nitrogens with one attached hydrogen (secondary N) is 2. The van der Waals surface area contributed by atoms with Crippen LogP contribution >= 0.6 is 11.3 Å². The number of rotatable bonds is 9. The van der Waals surface area contributed by atoms with E-state index < -0.39 is 34.4 Å². The van der Waals surface area contributed by atoms with Gasteiger partial charge in [-0.15, -0.1) is 11.3 Å². The first-order chi connectivity index (χ1) is 19.2. The Bertz CT molecular complexity index is 1410. The van der Waals surface area contributed by atoms with Crippen LogP contribution in [0.2, 0.25) is 0 Å². The van der Waals surface area contributed by atoms with Crippen molar-refractivity contribution < 1.29 is 24.2 Å². The summed E-state index contributed by atoms with van der Waals surface area (Å²) in [6, 6.07) is 14.0. The summed E-state index contributed by atoms with van der Waals surface area (Å²) in [6.45, 7) is 11.9. The fourth-order valence-electron chi connectivity index (χ4n) is 5.96. The van der Waals surface area contributed by atoms with Gasteiger partial charge in [-0.25, -0.2) is 9.78 Å². The molecule has 1 heterocycles. The molecule has 0 saturated heterocycles. The Hall–Kier alpha value is -3.46. The highest BCUT2D eigenvalue weighted by molar-refractivity contribution is 7.18. The van der Waals surface area contributed by atoms with Gasteiger partial charge in [0.2, 0.25) is 5.91 Å². The topological polar surface area (TPSA) is 118 Å². The molecule has 1 aliphatic carbocycles. The molecule has 1 aromatic heterocycles. The van der Waals surface area contributed by atoms with E-state index in [1.54, 1.807) is 0 Å². The summed E-state index contributed by atoms with van der Waals surface area (Å²) < 4.78 is 6.29. The number of fused-ring (bicyclic) bond motifs is 2. The Morgan fingerprint density at radius 3 is 2.27 bits per heavy atom. The zero-order valence-electron chi connectivity index (χ0n) is 24.8. The van der Waals surface area contributed by atoms with Crippen molar-refractivity contribution >= 4 is 39.5 Å². The number of aryl methyl sites for hydroxylation is 1. The minimum atomic E-state index is -1.08. The number of alkyl carbamates (subject to hydrolysis) is 1. The van der Waals surface area contributed by atoms with Gasteiger partial charge in [0.25, 0.3) is 0 Å².